The fourth-order valence-electron chi connectivity index (χ4n) is 2.02. The van der Waals surface area contributed by atoms with Gasteiger partial charge < -0.3 is 10.1 Å². The number of carbonyl (C=O) groups excluding carboxylic acids is 1. The van der Waals surface area contributed by atoms with Gasteiger partial charge in [-0.25, -0.2) is 8.78 Å². The average molecular weight is 255 g/mol. The van der Waals surface area contributed by atoms with Crippen molar-refractivity contribution in [1.82, 2.24) is 5.32 Å². The molecule has 0 aromatic heterocycles. The highest BCUT2D eigenvalue weighted by molar-refractivity contribution is 5.79. The zero-order valence-corrected chi connectivity index (χ0v) is 10.1. The van der Waals surface area contributed by atoms with Gasteiger partial charge >= 0.3 is 0 Å². The summed E-state index contributed by atoms with van der Waals surface area (Å²) >= 11 is 0. The highest BCUT2D eigenvalue weighted by Crippen LogP contribution is 2.42. The molecule has 0 unspecified atom stereocenters. The first-order valence-electron chi connectivity index (χ1n) is 5.79. The lowest BCUT2D eigenvalue weighted by atomic mass is 9.81. The van der Waals surface area contributed by atoms with E-state index in [9.17, 15) is 13.6 Å². The van der Waals surface area contributed by atoms with Crippen LogP contribution in [0, 0.1) is 5.92 Å². The lowest BCUT2D eigenvalue weighted by Crippen LogP contribution is -2.44. The maximum Gasteiger partial charge on any atom is 0.249 e. The van der Waals surface area contributed by atoms with Crippen molar-refractivity contribution in [3.05, 3.63) is 29.8 Å². The number of nitrogens with one attached hydrogen (secondary N) is 1. The van der Waals surface area contributed by atoms with Crippen LogP contribution >= 0.6 is 0 Å². The molecule has 1 aromatic rings. The molecule has 1 aliphatic carbocycles. The van der Waals surface area contributed by atoms with Gasteiger partial charge in [-0.15, -0.1) is 0 Å². The number of benzene rings is 1. The van der Waals surface area contributed by atoms with Crippen LogP contribution in [0.2, 0.25) is 0 Å². The lowest BCUT2D eigenvalue weighted by molar-refractivity contribution is -0.150. The number of halogens is 2. The second-order valence-corrected chi connectivity index (χ2v) is 4.49. The molecular formula is C13H15F2NO2. The number of hydrogen-bond acceptors (Lipinski definition) is 2. The monoisotopic (exact) mass is 255 g/mol. The Morgan fingerprint density at radius 2 is 2.11 bits per heavy atom. The van der Waals surface area contributed by atoms with Crippen molar-refractivity contribution in [3.8, 4) is 5.75 Å². The predicted octanol–water partition coefficient (Wildman–Crippen LogP) is 2.36. The van der Waals surface area contributed by atoms with Crippen molar-refractivity contribution < 1.29 is 18.3 Å². The van der Waals surface area contributed by atoms with E-state index in [-0.39, 0.29) is 18.7 Å². The third kappa shape index (κ3) is 2.78. The minimum atomic E-state index is -2.66. The molecular weight excluding hydrogens is 240 g/mol. The zero-order valence-electron chi connectivity index (χ0n) is 10.1. The molecule has 1 saturated carbocycles. The van der Waals surface area contributed by atoms with E-state index in [1.54, 1.807) is 13.2 Å². The minimum Gasteiger partial charge on any atom is -0.496 e. The van der Waals surface area contributed by atoms with Gasteiger partial charge in [-0.05, 0) is 6.07 Å². The normalized spacial score (nSPS) is 17.9. The summed E-state index contributed by atoms with van der Waals surface area (Å²) in [4.78, 5) is 11.6. The molecule has 1 fully saturated rings. The molecule has 3 nitrogen and oxygen atoms in total. The topological polar surface area (TPSA) is 38.3 Å². The summed E-state index contributed by atoms with van der Waals surface area (Å²) in [6, 6.07) is 7.28. The quantitative estimate of drug-likeness (QED) is 0.897. The van der Waals surface area contributed by atoms with Gasteiger partial charge in [0.05, 0.1) is 7.11 Å². The molecule has 0 bridgehead atoms. The highest BCUT2D eigenvalue weighted by atomic mass is 19.3. The number of hydrogen-bond donors (Lipinski definition) is 1. The van der Waals surface area contributed by atoms with Crippen molar-refractivity contribution >= 4 is 5.91 Å². The van der Waals surface area contributed by atoms with E-state index in [2.05, 4.69) is 5.32 Å². The van der Waals surface area contributed by atoms with Gasteiger partial charge in [0.15, 0.2) is 0 Å². The second kappa shape index (κ2) is 4.92. The van der Waals surface area contributed by atoms with Crippen LogP contribution in [0.25, 0.3) is 0 Å². The number of carbonyl (C=O) groups is 1. The Kier molecular flexibility index (Phi) is 3.50. The van der Waals surface area contributed by atoms with Gasteiger partial charge in [-0.3, -0.25) is 4.79 Å². The Hall–Kier alpha value is -1.65. The van der Waals surface area contributed by atoms with Crippen molar-refractivity contribution in [3.63, 3.8) is 0 Å². The van der Waals surface area contributed by atoms with E-state index < -0.39 is 11.8 Å². The third-order valence-electron chi connectivity index (χ3n) is 3.11. The predicted molar refractivity (Wildman–Crippen MR) is 62.5 cm³/mol. The van der Waals surface area contributed by atoms with Crippen LogP contribution in [0.4, 0.5) is 8.78 Å². The second-order valence-electron chi connectivity index (χ2n) is 4.49. The van der Waals surface area contributed by atoms with E-state index in [1.807, 2.05) is 18.2 Å². The average Bonchev–Trinajstić information content (AvgIpc) is 2.33. The number of alkyl halides is 2. The van der Waals surface area contributed by atoms with E-state index in [0.29, 0.717) is 12.3 Å². The maximum absolute atomic E-state index is 12.6. The summed E-state index contributed by atoms with van der Waals surface area (Å²) in [6.07, 6.45) is -0.685. The molecule has 98 valence electrons. The summed E-state index contributed by atoms with van der Waals surface area (Å²) in [5.74, 6) is -2.86. The van der Waals surface area contributed by atoms with Gasteiger partial charge in [0.25, 0.3) is 0 Å². The van der Waals surface area contributed by atoms with Crippen molar-refractivity contribution in [2.24, 2.45) is 5.92 Å². The summed E-state index contributed by atoms with van der Waals surface area (Å²) < 4.78 is 30.4. The number of methoxy groups -OCH3 is 1. The van der Waals surface area contributed by atoms with Crippen LogP contribution in [0.15, 0.2) is 24.3 Å². The van der Waals surface area contributed by atoms with Crippen LogP contribution in [-0.2, 0) is 11.3 Å². The first kappa shape index (κ1) is 12.8. The number of amides is 1. The molecule has 2 rings (SSSR count). The standard InChI is InChI=1S/C13H15F2NO2/c1-18-11-5-3-2-4-9(11)8-16-12(17)10-6-13(14,15)7-10/h2-5,10H,6-8H2,1H3,(H,16,17). The van der Waals surface area contributed by atoms with Crippen LogP contribution in [0.1, 0.15) is 18.4 Å². The SMILES string of the molecule is COc1ccccc1CNC(=O)C1CC(F)(F)C1. The summed E-state index contributed by atoms with van der Waals surface area (Å²) in [6.45, 7) is 0.297. The number of rotatable bonds is 4. The van der Waals surface area contributed by atoms with Gasteiger partial charge in [-0.1, -0.05) is 18.2 Å². The third-order valence-corrected chi connectivity index (χ3v) is 3.11. The van der Waals surface area contributed by atoms with E-state index in [4.69, 9.17) is 4.74 Å². The smallest absolute Gasteiger partial charge is 0.249 e. The van der Waals surface area contributed by atoms with E-state index in [0.717, 1.165) is 5.56 Å². The molecule has 18 heavy (non-hydrogen) atoms. The summed E-state index contributed by atoms with van der Waals surface area (Å²) in [5.41, 5.74) is 0.833. The van der Waals surface area contributed by atoms with Crippen molar-refractivity contribution in [2.45, 2.75) is 25.3 Å². The molecule has 0 saturated heterocycles. The van der Waals surface area contributed by atoms with Crippen molar-refractivity contribution in [2.75, 3.05) is 7.11 Å². The van der Waals surface area contributed by atoms with Crippen LogP contribution in [0.5, 0.6) is 5.75 Å². The van der Waals surface area contributed by atoms with Gasteiger partial charge in [0.1, 0.15) is 5.75 Å². The van der Waals surface area contributed by atoms with Crippen molar-refractivity contribution in [1.29, 1.82) is 0 Å². The molecule has 1 aromatic carbocycles. The molecule has 1 aliphatic rings. The molecule has 1 amide bonds. The molecule has 0 atom stereocenters. The van der Waals surface area contributed by atoms with Crippen LogP contribution in [0.3, 0.4) is 0 Å². The largest absolute Gasteiger partial charge is 0.496 e. The Morgan fingerprint density at radius 3 is 2.72 bits per heavy atom. The first-order chi connectivity index (χ1) is 8.52. The van der Waals surface area contributed by atoms with Gasteiger partial charge in [0, 0.05) is 30.9 Å². The Morgan fingerprint density at radius 1 is 1.44 bits per heavy atom. The maximum atomic E-state index is 12.6. The zero-order chi connectivity index (χ0) is 13.2. The molecule has 0 heterocycles. The summed E-state index contributed by atoms with van der Waals surface area (Å²) in [7, 11) is 1.55. The summed E-state index contributed by atoms with van der Waals surface area (Å²) in [5, 5.41) is 2.66. The van der Waals surface area contributed by atoms with E-state index in [1.165, 1.54) is 0 Å². The molecule has 1 N–H and O–H groups in total. The van der Waals surface area contributed by atoms with Gasteiger partial charge in [0.2, 0.25) is 11.8 Å². The van der Waals surface area contributed by atoms with E-state index >= 15 is 0 Å². The fraction of sp³-hybridized carbons (Fsp3) is 0.462. The highest BCUT2D eigenvalue weighted by Gasteiger charge is 2.48. The Labute approximate surface area is 104 Å². The number of ether oxygens (including phenoxy) is 1. The minimum absolute atomic E-state index is 0.297. The Bertz CT molecular complexity index is 440. The molecule has 0 radical (unpaired) electrons. The number of para-hydroxylation sites is 1. The van der Waals surface area contributed by atoms with Crippen LogP contribution in [-0.4, -0.2) is 18.9 Å². The van der Waals surface area contributed by atoms with Gasteiger partial charge in [-0.2, -0.15) is 0 Å². The Balaban J connectivity index is 1.86. The lowest BCUT2D eigenvalue weighted by Gasteiger charge is -2.33. The fourth-order valence-corrected chi connectivity index (χ4v) is 2.02. The first-order valence-corrected chi connectivity index (χ1v) is 5.79. The molecule has 0 aliphatic heterocycles. The molecule has 0 spiro atoms. The van der Waals surface area contributed by atoms with Crippen LogP contribution < -0.4 is 10.1 Å². The molecule has 5 heteroatoms.